The van der Waals surface area contributed by atoms with Gasteiger partial charge >= 0.3 is 0 Å². The lowest BCUT2D eigenvalue weighted by atomic mass is 9.94. The average Bonchev–Trinajstić information content (AvgIpc) is 2.34. The molecule has 0 amide bonds. The topological polar surface area (TPSA) is 26.7 Å². The highest BCUT2D eigenvalue weighted by Crippen LogP contribution is 2.19. The number of nitrogens with zero attached hydrogens (tertiary/aromatic N) is 2. The first-order valence-corrected chi connectivity index (χ1v) is 6.74. The van der Waals surface area contributed by atoms with Gasteiger partial charge in [0.05, 0.1) is 6.10 Å². The van der Waals surface area contributed by atoms with Gasteiger partial charge in [0, 0.05) is 32.1 Å². The summed E-state index contributed by atoms with van der Waals surface area (Å²) in [6.45, 7) is 3.96. The van der Waals surface area contributed by atoms with E-state index < -0.39 is 0 Å². The van der Waals surface area contributed by atoms with E-state index in [9.17, 15) is 5.11 Å². The number of hydrogen-bond donors (Lipinski definition) is 1. The summed E-state index contributed by atoms with van der Waals surface area (Å²) in [4.78, 5) is 4.62. The third-order valence-corrected chi connectivity index (χ3v) is 3.63. The van der Waals surface area contributed by atoms with Crippen LogP contribution >= 0.6 is 0 Å². The Hall–Kier alpha value is -0.900. The zero-order valence-electron chi connectivity index (χ0n) is 11.4. The molecule has 1 aromatic carbocycles. The molecule has 1 N–H and O–H groups in total. The highest BCUT2D eigenvalue weighted by atomic mass is 16.3. The third-order valence-electron chi connectivity index (χ3n) is 3.63. The van der Waals surface area contributed by atoms with Crippen LogP contribution in [0, 0.1) is 5.92 Å². The second-order valence-corrected chi connectivity index (χ2v) is 5.60. The van der Waals surface area contributed by atoms with E-state index in [0.29, 0.717) is 5.92 Å². The van der Waals surface area contributed by atoms with E-state index in [-0.39, 0.29) is 6.10 Å². The van der Waals surface area contributed by atoms with E-state index >= 15 is 0 Å². The van der Waals surface area contributed by atoms with Crippen LogP contribution in [0.3, 0.4) is 0 Å². The van der Waals surface area contributed by atoms with E-state index in [1.54, 1.807) is 0 Å². The smallest absolute Gasteiger partial charge is 0.0605 e. The van der Waals surface area contributed by atoms with Crippen LogP contribution in [0.25, 0.3) is 0 Å². The molecular weight excluding hydrogens is 224 g/mol. The first-order chi connectivity index (χ1) is 8.65. The van der Waals surface area contributed by atoms with Gasteiger partial charge in [-0.25, -0.2) is 0 Å². The Morgan fingerprint density at radius 3 is 2.67 bits per heavy atom. The maximum absolute atomic E-state index is 10.0. The fourth-order valence-corrected chi connectivity index (χ4v) is 2.73. The first-order valence-electron chi connectivity index (χ1n) is 6.74. The second-order valence-electron chi connectivity index (χ2n) is 5.60. The number of aliphatic hydroxyl groups excluding tert-OH is 1. The quantitative estimate of drug-likeness (QED) is 0.873. The van der Waals surface area contributed by atoms with Crippen molar-refractivity contribution < 1.29 is 5.11 Å². The molecule has 1 saturated heterocycles. The van der Waals surface area contributed by atoms with Crippen LogP contribution in [0.5, 0.6) is 0 Å². The van der Waals surface area contributed by atoms with Gasteiger partial charge in [-0.3, -0.25) is 4.90 Å². The lowest BCUT2D eigenvalue weighted by Gasteiger charge is -2.37. The SMILES string of the molecule is CN(C)C[C@@H]1CN(Cc2ccccc2)CC[C@H]1O. The van der Waals surface area contributed by atoms with Crippen LogP contribution in [0.2, 0.25) is 0 Å². The largest absolute Gasteiger partial charge is 0.393 e. The summed E-state index contributed by atoms with van der Waals surface area (Å²) in [5.74, 6) is 0.373. The van der Waals surface area contributed by atoms with Crippen LogP contribution in [-0.4, -0.2) is 54.7 Å². The van der Waals surface area contributed by atoms with Gasteiger partial charge < -0.3 is 10.0 Å². The van der Waals surface area contributed by atoms with Gasteiger partial charge in [-0.1, -0.05) is 30.3 Å². The Morgan fingerprint density at radius 1 is 1.28 bits per heavy atom. The molecule has 3 nitrogen and oxygen atoms in total. The molecule has 1 aliphatic heterocycles. The fourth-order valence-electron chi connectivity index (χ4n) is 2.73. The standard InChI is InChI=1S/C15H24N2O/c1-16(2)11-14-12-17(9-8-15(14)18)10-13-6-4-3-5-7-13/h3-7,14-15,18H,8-12H2,1-2H3/t14-,15-/m1/s1. The molecule has 0 saturated carbocycles. The highest BCUT2D eigenvalue weighted by molar-refractivity contribution is 5.14. The minimum absolute atomic E-state index is 0.139. The molecule has 0 radical (unpaired) electrons. The van der Waals surface area contributed by atoms with Gasteiger partial charge in [0.25, 0.3) is 0 Å². The average molecular weight is 248 g/mol. The van der Waals surface area contributed by atoms with Crippen molar-refractivity contribution in [1.29, 1.82) is 0 Å². The van der Waals surface area contributed by atoms with E-state index in [0.717, 1.165) is 32.6 Å². The molecule has 0 spiro atoms. The Bertz CT molecular complexity index is 353. The van der Waals surface area contributed by atoms with Crippen LogP contribution < -0.4 is 0 Å². The van der Waals surface area contributed by atoms with Gasteiger partial charge in [0.2, 0.25) is 0 Å². The molecule has 18 heavy (non-hydrogen) atoms. The van der Waals surface area contributed by atoms with E-state index in [4.69, 9.17) is 0 Å². The van der Waals surface area contributed by atoms with Crippen molar-refractivity contribution in [2.45, 2.75) is 19.1 Å². The Kier molecular flexibility index (Phi) is 4.75. The van der Waals surface area contributed by atoms with Crippen molar-refractivity contribution >= 4 is 0 Å². The van der Waals surface area contributed by atoms with Crippen LogP contribution in [-0.2, 0) is 6.54 Å². The van der Waals surface area contributed by atoms with E-state index in [1.165, 1.54) is 5.56 Å². The Labute approximate surface area is 110 Å². The normalized spacial score (nSPS) is 25.6. The van der Waals surface area contributed by atoms with Crippen molar-refractivity contribution in [3.05, 3.63) is 35.9 Å². The number of piperidine rings is 1. The maximum atomic E-state index is 10.0. The Morgan fingerprint density at radius 2 is 2.00 bits per heavy atom. The molecule has 0 bridgehead atoms. The minimum Gasteiger partial charge on any atom is -0.393 e. The van der Waals surface area contributed by atoms with Crippen LogP contribution in [0.15, 0.2) is 30.3 Å². The van der Waals surface area contributed by atoms with Crippen LogP contribution in [0.4, 0.5) is 0 Å². The molecule has 0 aromatic heterocycles. The summed E-state index contributed by atoms with van der Waals surface area (Å²) in [5.41, 5.74) is 1.36. The summed E-state index contributed by atoms with van der Waals surface area (Å²) in [5, 5.41) is 10.0. The lowest BCUT2D eigenvalue weighted by Crippen LogP contribution is -2.46. The summed E-state index contributed by atoms with van der Waals surface area (Å²) < 4.78 is 0. The Balaban J connectivity index is 1.91. The zero-order valence-corrected chi connectivity index (χ0v) is 11.4. The molecule has 0 unspecified atom stereocenters. The van der Waals surface area contributed by atoms with Gasteiger partial charge in [0.1, 0.15) is 0 Å². The van der Waals surface area contributed by atoms with Gasteiger partial charge in [-0.05, 0) is 26.1 Å². The lowest BCUT2D eigenvalue weighted by molar-refractivity contribution is 0.0131. The summed E-state index contributed by atoms with van der Waals surface area (Å²) in [6, 6.07) is 10.6. The second kappa shape index (κ2) is 6.32. The molecular formula is C15H24N2O. The van der Waals surface area contributed by atoms with Crippen LogP contribution in [0.1, 0.15) is 12.0 Å². The molecule has 2 atom stereocenters. The molecule has 0 aliphatic carbocycles. The number of likely N-dealkylation sites (tertiary alicyclic amines) is 1. The molecule has 1 aromatic rings. The zero-order chi connectivity index (χ0) is 13.0. The van der Waals surface area contributed by atoms with E-state index in [2.05, 4.69) is 54.2 Å². The summed E-state index contributed by atoms with van der Waals surface area (Å²) in [6.07, 6.45) is 0.755. The van der Waals surface area contributed by atoms with Crippen molar-refractivity contribution in [2.75, 3.05) is 33.7 Å². The molecule has 1 fully saturated rings. The molecule has 1 heterocycles. The molecule has 2 rings (SSSR count). The minimum atomic E-state index is -0.139. The maximum Gasteiger partial charge on any atom is 0.0605 e. The van der Waals surface area contributed by atoms with Crippen molar-refractivity contribution in [1.82, 2.24) is 9.80 Å². The molecule has 1 aliphatic rings. The van der Waals surface area contributed by atoms with Gasteiger partial charge in [-0.15, -0.1) is 0 Å². The predicted molar refractivity (Wildman–Crippen MR) is 74.4 cm³/mol. The van der Waals surface area contributed by atoms with Crippen molar-refractivity contribution in [2.24, 2.45) is 5.92 Å². The number of aliphatic hydroxyl groups is 1. The monoisotopic (exact) mass is 248 g/mol. The highest BCUT2D eigenvalue weighted by Gasteiger charge is 2.27. The molecule has 3 heteroatoms. The number of benzene rings is 1. The third kappa shape index (κ3) is 3.80. The van der Waals surface area contributed by atoms with Crippen molar-refractivity contribution in [3.63, 3.8) is 0 Å². The molecule has 100 valence electrons. The summed E-state index contributed by atoms with van der Waals surface area (Å²) >= 11 is 0. The predicted octanol–water partition coefficient (Wildman–Crippen LogP) is 1.43. The van der Waals surface area contributed by atoms with E-state index in [1.807, 2.05) is 0 Å². The van der Waals surface area contributed by atoms with Gasteiger partial charge in [-0.2, -0.15) is 0 Å². The summed E-state index contributed by atoms with van der Waals surface area (Å²) in [7, 11) is 4.14. The fraction of sp³-hybridized carbons (Fsp3) is 0.600. The number of rotatable bonds is 4. The number of hydrogen-bond acceptors (Lipinski definition) is 3. The van der Waals surface area contributed by atoms with Crippen molar-refractivity contribution in [3.8, 4) is 0 Å². The van der Waals surface area contributed by atoms with Gasteiger partial charge in [0.15, 0.2) is 0 Å². The first kappa shape index (κ1) is 13.5.